The first-order valence-electron chi connectivity index (χ1n) is 10.0. The van der Waals surface area contributed by atoms with E-state index in [-0.39, 0.29) is 17.3 Å². The summed E-state index contributed by atoms with van der Waals surface area (Å²) in [6.45, 7) is 3.05. The van der Waals surface area contributed by atoms with Crippen molar-refractivity contribution in [1.82, 2.24) is 20.0 Å². The lowest BCUT2D eigenvalue weighted by molar-refractivity contribution is 0.0951. The standard InChI is InChI=1S/C23H24N6O2/c1-15-8-10-16(11-9-15)14-26-29-21(24)19(23(30)25-12-5-13-31-2)20-22(29)28-18-7-4-3-6-17(18)27-20/h3-4,6-11,14H,5,12-13,24H2,1-2H3,(H,25,30)/b26-14+. The number of anilines is 1. The number of carbonyl (C=O) groups is 1. The number of fused-ring (bicyclic) bond motifs is 2. The van der Waals surface area contributed by atoms with Crippen LogP contribution >= 0.6 is 0 Å². The molecular weight excluding hydrogens is 392 g/mol. The Morgan fingerprint density at radius 2 is 1.87 bits per heavy atom. The van der Waals surface area contributed by atoms with Gasteiger partial charge in [-0.25, -0.2) is 9.97 Å². The smallest absolute Gasteiger partial charge is 0.257 e. The van der Waals surface area contributed by atoms with Crippen molar-refractivity contribution >= 4 is 40.1 Å². The van der Waals surface area contributed by atoms with Gasteiger partial charge < -0.3 is 15.8 Å². The van der Waals surface area contributed by atoms with E-state index in [1.54, 1.807) is 13.3 Å². The number of nitrogens with zero attached hydrogens (tertiary/aromatic N) is 4. The van der Waals surface area contributed by atoms with Gasteiger partial charge in [0, 0.05) is 20.3 Å². The minimum Gasteiger partial charge on any atom is -0.385 e. The molecule has 0 aliphatic rings. The van der Waals surface area contributed by atoms with Gasteiger partial charge in [0.25, 0.3) is 5.91 Å². The van der Waals surface area contributed by atoms with Crippen LogP contribution in [-0.2, 0) is 4.74 Å². The maximum absolute atomic E-state index is 12.9. The minimum atomic E-state index is -0.313. The van der Waals surface area contributed by atoms with Gasteiger partial charge in [0.2, 0.25) is 0 Å². The minimum absolute atomic E-state index is 0.193. The number of para-hydroxylation sites is 2. The number of benzene rings is 2. The summed E-state index contributed by atoms with van der Waals surface area (Å²) in [5, 5.41) is 7.39. The van der Waals surface area contributed by atoms with E-state index in [4.69, 9.17) is 10.5 Å². The number of ether oxygens (including phenoxy) is 1. The van der Waals surface area contributed by atoms with Crippen LogP contribution in [0.2, 0.25) is 0 Å². The van der Waals surface area contributed by atoms with Gasteiger partial charge in [-0.1, -0.05) is 42.0 Å². The summed E-state index contributed by atoms with van der Waals surface area (Å²) >= 11 is 0. The number of aryl methyl sites for hydroxylation is 1. The third-order valence-corrected chi connectivity index (χ3v) is 4.91. The molecule has 0 radical (unpaired) electrons. The number of methoxy groups -OCH3 is 1. The van der Waals surface area contributed by atoms with Crippen molar-refractivity contribution in [2.24, 2.45) is 5.10 Å². The molecule has 1 amide bonds. The van der Waals surface area contributed by atoms with E-state index in [1.165, 1.54) is 4.68 Å². The van der Waals surface area contributed by atoms with Crippen LogP contribution in [-0.4, -0.2) is 47.0 Å². The average molecular weight is 416 g/mol. The van der Waals surface area contributed by atoms with E-state index >= 15 is 0 Å². The highest BCUT2D eigenvalue weighted by Gasteiger charge is 2.23. The number of hydrogen-bond acceptors (Lipinski definition) is 6. The second-order valence-corrected chi connectivity index (χ2v) is 7.21. The van der Waals surface area contributed by atoms with Crippen LogP contribution in [0.25, 0.3) is 22.2 Å². The molecule has 0 fully saturated rings. The molecule has 0 spiro atoms. The number of nitrogens with two attached hydrogens (primary N) is 1. The normalized spacial score (nSPS) is 11.5. The summed E-state index contributed by atoms with van der Waals surface area (Å²) in [6, 6.07) is 15.4. The summed E-state index contributed by atoms with van der Waals surface area (Å²) in [5.74, 6) is -0.120. The van der Waals surface area contributed by atoms with E-state index in [1.807, 2.05) is 55.5 Å². The van der Waals surface area contributed by atoms with Crippen molar-refractivity contribution in [1.29, 1.82) is 0 Å². The van der Waals surface area contributed by atoms with Crippen molar-refractivity contribution < 1.29 is 9.53 Å². The fourth-order valence-electron chi connectivity index (χ4n) is 3.27. The van der Waals surface area contributed by atoms with Gasteiger partial charge in [0.15, 0.2) is 5.65 Å². The number of rotatable bonds is 7. The highest BCUT2D eigenvalue weighted by atomic mass is 16.5. The maximum atomic E-state index is 12.9. The lowest BCUT2D eigenvalue weighted by Crippen LogP contribution is -2.26. The Bertz CT molecular complexity index is 1260. The van der Waals surface area contributed by atoms with Crippen molar-refractivity contribution in [2.75, 3.05) is 26.0 Å². The van der Waals surface area contributed by atoms with E-state index in [0.29, 0.717) is 41.8 Å². The van der Waals surface area contributed by atoms with Crippen molar-refractivity contribution in [3.05, 3.63) is 65.2 Å². The number of nitrogen functional groups attached to an aromatic ring is 1. The zero-order valence-corrected chi connectivity index (χ0v) is 17.5. The van der Waals surface area contributed by atoms with Gasteiger partial charge >= 0.3 is 0 Å². The largest absolute Gasteiger partial charge is 0.385 e. The van der Waals surface area contributed by atoms with Gasteiger partial charge in [-0.05, 0) is 31.0 Å². The van der Waals surface area contributed by atoms with Crippen LogP contribution in [0.4, 0.5) is 5.82 Å². The fraction of sp³-hybridized carbons (Fsp3) is 0.217. The average Bonchev–Trinajstić information content (AvgIpc) is 3.05. The lowest BCUT2D eigenvalue weighted by atomic mass is 10.2. The Labute approximate surface area is 179 Å². The highest BCUT2D eigenvalue weighted by Crippen LogP contribution is 2.27. The topological polar surface area (TPSA) is 107 Å². The summed E-state index contributed by atoms with van der Waals surface area (Å²) in [4.78, 5) is 22.3. The zero-order valence-electron chi connectivity index (χ0n) is 17.5. The van der Waals surface area contributed by atoms with Crippen LogP contribution in [0.15, 0.2) is 53.6 Å². The van der Waals surface area contributed by atoms with Crippen LogP contribution in [0.5, 0.6) is 0 Å². The van der Waals surface area contributed by atoms with E-state index in [0.717, 1.165) is 11.1 Å². The molecule has 4 rings (SSSR count). The zero-order chi connectivity index (χ0) is 21.8. The second kappa shape index (κ2) is 8.93. The molecule has 8 heteroatoms. The molecule has 31 heavy (non-hydrogen) atoms. The number of amides is 1. The Kier molecular flexibility index (Phi) is 5.90. The Morgan fingerprint density at radius 1 is 1.16 bits per heavy atom. The molecule has 0 aliphatic carbocycles. The Morgan fingerprint density at radius 3 is 2.58 bits per heavy atom. The molecule has 0 aliphatic heterocycles. The first kappa shape index (κ1) is 20.5. The number of nitrogens with one attached hydrogen (secondary N) is 1. The number of aromatic nitrogens is 3. The third-order valence-electron chi connectivity index (χ3n) is 4.91. The molecule has 158 valence electrons. The molecule has 0 saturated heterocycles. The molecule has 0 atom stereocenters. The predicted molar refractivity (Wildman–Crippen MR) is 122 cm³/mol. The number of hydrogen-bond donors (Lipinski definition) is 2. The first-order chi connectivity index (χ1) is 15.1. The highest BCUT2D eigenvalue weighted by molar-refractivity contribution is 6.10. The molecule has 0 saturated carbocycles. The van der Waals surface area contributed by atoms with Gasteiger partial charge in [-0.2, -0.15) is 9.78 Å². The monoisotopic (exact) mass is 416 g/mol. The van der Waals surface area contributed by atoms with Gasteiger partial charge in [0.05, 0.1) is 17.2 Å². The van der Waals surface area contributed by atoms with Crippen molar-refractivity contribution in [3.8, 4) is 0 Å². The van der Waals surface area contributed by atoms with Gasteiger partial charge in [-0.3, -0.25) is 4.79 Å². The van der Waals surface area contributed by atoms with Gasteiger partial charge in [0.1, 0.15) is 16.9 Å². The quantitative estimate of drug-likeness (QED) is 0.356. The maximum Gasteiger partial charge on any atom is 0.257 e. The Balaban J connectivity index is 1.80. The molecule has 3 N–H and O–H groups in total. The van der Waals surface area contributed by atoms with Crippen LogP contribution in [0.1, 0.15) is 27.9 Å². The van der Waals surface area contributed by atoms with Crippen LogP contribution in [0.3, 0.4) is 0 Å². The van der Waals surface area contributed by atoms with E-state index < -0.39 is 0 Å². The second-order valence-electron chi connectivity index (χ2n) is 7.21. The van der Waals surface area contributed by atoms with Crippen LogP contribution in [0, 0.1) is 6.92 Å². The SMILES string of the molecule is COCCCNC(=O)c1c(N)n(/N=C/c2ccc(C)cc2)c2nc3ccccc3nc12. The third kappa shape index (κ3) is 4.24. The van der Waals surface area contributed by atoms with E-state index in [9.17, 15) is 4.79 Å². The molecule has 0 unspecified atom stereocenters. The molecule has 4 aromatic rings. The number of carbonyl (C=O) groups excluding carboxylic acids is 1. The summed E-state index contributed by atoms with van der Waals surface area (Å²) in [5.41, 5.74) is 11.0. The fourth-order valence-corrected chi connectivity index (χ4v) is 3.27. The molecule has 2 aromatic heterocycles. The summed E-state index contributed by atoms with van der Waals surface area (Å²) in [7, 11) is 1.63. The molecule has 2 heterocycles. The van der Waals surface area contributed by atoms with Crippen LogP contribution < -0.4 is 11.1 Å². The summed E-state index contributed by atoms with van der Waals surface area (Å²) < 4.78 is 6.51. The summed E-state index contributed by atoms with van der Waals surface area (Å²) in [6.07, 6.45) is 2.38. The molecule has 2 aromatic carbocycles. The van der Waals surface area contributed by atoms with Gasteiger partial charge in [-0.15, -0.1) is 0 Å². The van der Waals surface area contributed by atoms with Crippen molar-refractivity contribution in [3.63, 3.8) is 0 Å². The first-order valence-corrected chi connectivity index (χ1v) is 10.0. The molecule has 8 nitrogen and oxygen atoms in total. The molecule has 0 bridgehead atoms. The Hall–Kier alpha value is -3.78. The molecular formula is C23H24N6O2. The van der Waals surface area contributed by atoms with Crippen molar-refractivity contribution in [2.45, 2.75) is 13.3 Å². The van der Waals surface area contributed by atoms with E-state index in [2.05, 4.69) is 20.4 Å². The lowest BCUT2D eigenvalue weighted by Gasteiger charge is -2.05. The predicted octanol–water partition coefficient (Wildman–Crippen LogP) is 3.12.